The third kappa shape index (κ3) is 1.54. The molecule has 1 heteroatoms. The third-order valence-corrected chi connectivity index (χ3v) is 6.91. The minimum absolute atomic E-state index is 0.498. The molecule has 3 rings (SSSR count). The lowest BCUT2D eigenvalue weighted by Crippen LogP contribution is -2.55. The third-order valence-electron chi connectivity index (χ3n) is 6.91. The fourth-order valence-electron chi connectivity index (χ4n) is 4.63. The van der Waals surface area contributed by atoms with Gasteiger partial charge in [-0.2, -0.15) is 0 Å². The van der Waals surface area contributed by atoms with E-state index in [-0.39, 0.29) is 0 Å². The van der Waals surface area contributed by atoms with Gasteiger partial charge in [0.25, 0.3) is 0 Å². The summed E-state index contributed by atoms with van der Waals surface area (Å²) in [5.41, 5.74) is 1.71. The molecule has 1 unspecified atom stereocenters. The Kier molecular flexibility index (Phi) is 2.47. The van der Waals surface area contributed by atoms with Gasteiger partial charge in [0.15, 0.2) is 0 Å². The monoisotopic (exact) mass is 235 g/mol. The minimum atomic E-state index is 0.498. The zero-order valence-corrected chi connectivity index (χ0v) is 12.1. The van der Waals surface area contributed by atoms with Gasteiger partial charge in [0.2, 0.25) is 0 Å². The molecule has 1 nitrogen and oxygen atoms in total. The van der Waals surface area contributed by atoms with Crippen LogP contribution in [0, 0.1) is 16.2 Å². The molecule has 0 radical (unpaired) electrons. The molecule has 0 heterocycles. The molecule has 1 N–H and O–H groups in total. The highest BCUT2D eigenvalue weighted by molar-refractivity contribution is 5.20. The van der Waals surface area contributed by atoms with Gasteiger partial charge < -0.3 is 5.32 Å². The lowest BCUT2D eigenvalue weighted by molar-refractivity contribution is 0.0194. The molecular weight excluding hydrogens is 206 g/mol. The van der Waals surface area contributed by atoms with Crippen LogP contribution >= 0.6 is 0 Å². The van der Waals surface area contributed by atoms with Crippen molar-refractivity contribution in [2.75, 3.05) is 0 Å². The van der Waals surface area contributed by atoms with Crippen molar-refractivity contribution in [3.63, 3.8) is 0 Å². The van der Waals surface area contributed by atoms with E-state index in [4.69, 9.17) is 0 Å². The molecule has 0 aromatic carbocycles. The Balaban J connectivity index is 1.64. The lowest BCUT2D eigenvalue weighted by Gasteiger charge is -2.53. The molecule has 3 fully saturated rings. The highest BCUT2D eigenvalue weighted by atomic mass is 15.1. The molecule has 1 spiro atoms. The van der Waals surface area contributed by atoms with Gasteiger partial charge in [0.1, 0.15) is 0 Å². The average molecular weight is 235 g/mol. The smallest absolute Gasteiger partial charge is 0.0184 e. The van der Waals surface area contributed by atoms with Crippen LogP contribution in [0.2, 0.25) is 0 Å². The molecule has 0 saturated heterocycles. The first-order valence-corrected chi connectivity index (χ1v) is 7.66. The lowest BCUT2D eigenvalue weighted by atomic mass is 9.57. The Hall–Kier alpha value is -0.0400. The van der Waals surface area contributed by atoms with Crippen molar-refractivity contribution in [3.05, 3.63) is 0 Å². The fraction of sp³-hybridized carbons (Fsp3) is 1.00. The molecule has 1 atom stereocenters. The van der Waals surface area contributed by atoms with E-state index in [1.165, 1.54) is 44.9 Å². The van der Waals surface area contributed by atoms with E-state index in [0.29, 0.717) is 16.2 Å². The van der Waals surface area contributed by atoms with Crippen LogP contribution in [-0.4, -0.2) is 12.1 Å². The Morgan fingerprint density at radius 3 is 1.82 bits per heavy atom. The van der Waals surface area contributed by atoms with Gasteiger partial charge in [0.05, 0.1) is 0 Å². The van der Waals surface area contributed by atoms with Crippen LogP contribution in [-0.2, 0) is 0 Å². The predicted molar refractivity (Wildman–Crippen MR) is 73.0 cm³/mol. The Labute approximate surface area is 107 Å². The van der Waals surface area contributed by atoms with Gasteiger partial charge in [-0.15, -0.1) is 0 Å². The topological polar surface area (TPSA) is 12.0 Å². The fourth-order valence-corrected chi connectivity index (χ4v) is 4.63. The molecule has 98 valence electrons. The Morgan fingerprint density at radius 1 is 0.824 bits per heavy atom. The minimum Gasteiger partial charge on any atom is -0.310 e. The van der Waals surface area contributed by atoms with Crippen molar-refractivity contribution in [3.8, 4) is 0 Å². The van der Waals surface area contributed by atoms with Gasteiger partial charge in [-0.25, -0.2) is 0 Å². The van der Waals surface area contributed by atoms with E-state index < -0.39 is 0 Å². The van der Waals surface area contributed by atoms with E-state index in [2.05, 4.69) is 33.0 Å². The van der Waals surface area contributed by atoms with Crippen molar-refractivity contribution >= 4 is 0 Å². The molecule has 3 saturated carbocycles. The number of hydrogen-bond donors (Lipinski definition) is 1. The van der Waals surface area contributed by atoms with Crippen LogP contribution in [0.15, 0.2) is 0 Å². The normalized spacial score (nSPS) is 37.8. The van der Waals surface area contributed by atoms with Crippen LogP contribution in [0.1, 0.15) is 72.6 Å². The summed E-state index contributed by atoms with van der Waals surface area (Å²) >= 11 is 0. The summed E-state index contributed by atoms with van der Waals surface area (Å²) in [5, 5.41) is 4.03. The molecule has 0 aromatic rings. The summed E-state index contributed by atoms with van der Waals surface area (Å²) in [6, 6.07) is 1.59. The van der Waals surface area contributed by atoms with Crippen molar-refractivity contribution in [2.24, 2.45) is 16.2 Å². The van der Waals surface area contributed by atoms with Gasteiger partial charge in [-0.05, 0) is 41.9 Å². The van der Waals surface area contributed by atoms with E-state index in [1.807, 2.05) is 0 Å². The Morgan fingerprint density at radius 2 is 1.41 bits per heavy atom. The summed E-state index contributed by atoms with van der Waals surface area (Å²) in [7, 11) is 0. The van der Waals surface area contributed by atoms with Gasteiger partial charge >= 0.3 is 0 Å². The number of hydrogen-bond acceptors (Lipinski definition) is 1. The first kappa shape index (κ1) is 12.0. The second-order valence-corrected chi connectivity index (χ2v) is 8.06. The molecule has 0 amide bonds. The maximum absolute atomic E-state index is 4.03. The molecular formula is C16H29N. The maximum atomic E-state index is 4.03. The first-order chi connectivity index (χ1) is 7.90. The second kappa shape index (κ2) is 3.50. The van der Waals surface area contributed by atoms with Crippen LogP contribution in [0.25, 0.3) is 0 Å². The molecule has 0 aliphatic heterocycles. The molecule has 0 bridgehead atoms. The SMILES string of the molecule is CC1(C)C(NC2CCC23CCCCC3)C1(C)C. The summed E-state index contributed by atoms with van der Waals surface area (Å²) in [4.78, 5) is 0. The molecule has 3 aliphatic rings. The average Bonchev–Trinajstić information content (AvgIpc) is 2.66. The quantitative estimate of drug-likeness (QED) is 0.759. The van der Waals surface area contributed by atoms with E-state index in [9.17, 15) is 0 Å². The largest absolute Gasteiger partial charge is 0.310 e. The molecule has 0 aromatic heterocycles. The van der Waals surface area contributed by atoms with E-state index >= 15 is 0 Å². The van der Waals surface area contributed by atoms with Crippen LogP contribution in [0.4, 0.5) is 0 Å². The number of nitrogens with one attached hydrogen (secondary N) is 1. The van der Waals surface area contributed by atoms with Crippen molar-refractivity contribution in [1.29, 1.82) is 0 Å². The van der Waals surface area contributed by atoms with E-state index in [0.717, 1.165) is 12.1 Å². The second-order valence-electron chi connectivity index (χ2n) is 8.06. The van der Waals surface area contributed by atoms with Gasteiger partial charge in [-0.1, -0.05) is 47.0 Å². The van der Waals surface area contributed by atoms with E-state index in [1.54, 1.807) is 0 Å². The summed E-state index contributed by atoms with van der Waals surface area (Å²) in [5.74, 6) is 0. The Bertz CT molecular complexity index is 295. The highest BCUT2D eigenvalue weighted by Crippen LogP contribution is 2.64. The first-order valence-electron chi connectivity index (χ1n) is 7.66. The number of rotatable bonds is 2. The summed E-state index contributed by atoms with van der Waals surface area (Å²) in [6.07, 6.45) is 10.4. The van der Waals surface area contributed by atoms with Crippen molar-refractivity contribution < 1.29 is 0 Å². The van der Waals surface area contributed by atoms with Gasteiger partial charge in [0, 0.05) is 12.1 Å². The van der Waals surface area contributed by atoms with Crippen molar-refractivity contribution in [2.45, 2.75) is 84.7 Å². The van der Waals surface area contributed by atoms with Gasteiger partial charge in [-0.3, -0.25) is 0 Å². The van der Waals surface area contributed by atoms with Crippen LogP contribution in [0.5, 0.6) is 0 Å². The summed E-state index contributed by atoms with van der Waals surface area (Å²) in [6.45, 7) is 9.71. The van der Waals surface area contributed by atoms with Crippen LogP contribution in [0.3, 0.4) is 0 Å². The zero-order chi connectivity index (χ0) is 12.3. The molecule has 3 aliphatic carbocycles. The standard InChI is InChI=1S/C16H29N/c1-14(2)13(15(14,3)4)17-12-8-11-16(12)9-6-5-7-10-16/h12-13,17H,5-11H2,1-4H3. The maximum Gasteiger partial charge on any atom is 0.0184 e. The highest BCUT2D eigenvalue weighted by Gasteiger charge is 2.66. The zero-order valence-electron chi connectivity index (χ0n) is 12.1. The summed E-state index contributed by atoms with van der Waals surface area (Å²) < 4.78 is 0. The molecule has 17 heavy (non-hydrogen) atoms. The van der Waals surface area contributed by atoms with Crippen LogP contribution < -0.4 is 5.32 Å². The predicted octanol–water partition coefficient (Wildman–Crippen LogP) is 4.12. The van der Waals surface area contributed by atoms with Crippen molar-refractivity contribution in [1.82, 2.24) is 5.32 Å².